The molecule has 5 rings (SSSR count). The lowest BCUT2D eigenvalue weighted by Crippen LogP contribution is -2.21. The Hall–Kier alpha value is -2.18. The summed E-state index contributed by atoms with van der Waals surface area (Å²) in [6.45, 7) is 8.55. The van der Waals surface area contributed by atoms with Gasteiger partial charge in [-0.1, -0.05) is 0 Å². The van der Waals surface area contributed by atoms with Gasteiger partial charge in [0, 0.05) is 37.3 Å². The molecule has 0 atom stereocenters. The number of hydrogen-bond acceptors (Lipinski definition) is 5. The molecule has 1 aromatic carbocycles. The SMILES string of the molecule is COc1cc2c(cc1OCCCN1CCCC1)[nH]c1c(C)cnc(N3CCCC3)c12.Cl. The third-order valence-electron chi connectivity index (χ3n) is 6.56. The van der Waals surface area contributed by atoms with Gasteiger partial charge >= 0.3 is 0 Å². The molecule has 6 nitrogen and oxygen atoms in total. The van der Waals surface area contributed by atoms with Crippen LogP contribution in [0.5, 0.6) is 11.5 Å². The highest BCUT2D eigenvalue weighted by Crippen LogP contribution is 2.40. The number of hydrogen-bond donors (Lipinski definition) is 1. The van der Waals surface area contributed by atoms with Crippen molar-refractivity contribution in [2.24, 2.45) is 0 Å². The Morgan fingerprint density at radius 1 is 1.03 bits per heavy atom. The van der Waals surface area contributed by atoms with E-state index in [1.54, 1.807) is 7.11 Å². The van der Waals surface area contributed by atoms with Gasteiger partial charge in [-0.25, -0.2) is 4.98 Å². The van der Waals surface area contributed by atoms with E-state index in [1.807, 2.05) is 6.20 Å². The van der Waals surface area contributed by atoms with E-state index in [-0.39, 0.29) is 12.4 Å². The van der Waals surface area contributed by atoms with Gasteiger partial charge in [0.2, 0.25) is 0 Å². The number of nitrogens with zero attached hydrogens (tertiary/aromatic N) is 3. The van der Waals surface area contributed by atoms with E-state index in [2.05, 4.69) is 33.8 Å². The van der Waals surface area contributed by atoms with E-state index >= 15 is 0 Å². The van der Waals surface area contributed by atoms with Crippen LogP contribution in [0.25, 0.3) is 21.8 Å². The van der Waals surface area contributed by atoms with E-state index in [9.17, 15) is 0 Å². The molecule has 0 bridgehead atoms. The number of benzene rings is 1. The van der Waals surface area contributed by atoms with Crippen LogP contribution in [-0.2, 0) is 0 Å². The molecule has 2 fully saturated rings. The number of anilines is 1. The van der Waals surface area contributed by atoms with Gasteiger partial charge in [-0.3, -0.25) is 0 Å². The van der Waals surface area contributed by atoms with E-state index in [1.165, 1.54) is 44.2 Å². The first kappa shape index (κ1) is 22.0. The van der Waals surface area contributed by atoms with E-state index in [0.29, 0.717) is 6.61 Å². The Labute approximate surface area is 190 Å². The van der Waals surface area contributed by atoms with Gasteiger partial charge in [0.05, 0.1) is 30.1 Å². The predicted octanol–water partition coefficient (Wildman–Crippen LogP) is 4.92. The number of methoxy groups -OCH3 is 1. The highest BCUT2D eigenvalue weighted by molar-refractivity contribution is 6.14. The predicted molar refractivity (Wildman–Crippen MR) is 129 cm³/mol. The van der Waals surface area contributed by atoms with Gasteiger partial charge in [-0.2, -0.15) is 0 Å². The van der Waals surface area contributed by atoms with Crippen molar-refractivity contribution in [1.82, 2.24) is 14.9 Å². The lowest BCUT2D eigenvalue weighted by molar-refractivity contribution is 0.254. The summed E-state index contributed by atoms with van der Waals surface area (Å²) in [5, 5.41) is 2.36. The van der Waals surface area contributed by atoms with Crippen molar-refractivity contribution in [2.45, 2.75) is 39.0 Å². The molecule has 0 amide bonds. The van der Waals surface area contributed by atoms with Crippen molar-refractivity contribution in [3.63, 3.8) is 0 Å². The molecule has 7 heteroatoms. The zero-order valence-corrected chi connectivity index (χ0v) is 19.4. The lowest BCUT2D eigenvalue weighted by Gasteiger charge is -2.18. The monoisotopic (exact) mass is 444 g/mol. The number of nitrogens with one attached hydrogen (secondary N) is 1. The molecule has 2 aromatic heterocycles. The normalized spacial score (nSPS) is 16.9. The summed E-state index contributed by atoms with van der Waals surface area (Å²) < 4.78 is 11.9. The number of H-pyrrole nitrogens is 1. The minimum absolute atomic E-state index is 0. The summed E-state index contributed by atoms with van der Waals surface area (Å²) in [6, 6.07) is 4.21. The standard InChI is InChI=1S/C24H32N4O2.ClH/c1-17-16-25-24(28-11-5-6-12-28)22-18-14-20(29-2)21(15-19(18)26-23(17)22)30-13-7-10-27-8-3-4-9-27;/h14-16,26H,3-13H2,1-2H3;1H. The number of pyridine rings is 1. The number of aromatic nitrogens is 2. The van der Waals surface area contributed by atoms with Gasteiger partial charge in [0.15, 0.2) is 11.5 Å². The molecule has 3 aromatic rings. The highest BCUT2D eigenvalue weighted by atomic mass is 35.5. The average Bonchev–Trinajstić information content (AvgIpc) is 3.52. The molecule has 0 radical (unpaired) electrons. The van der Waals surface area contributed by atoms with E-state index in [4.69, 9.17) is 14.5 Å². The molecule has 1 N–H and O–H groups in total. The second kappa shape index (κ2) is 9.53. The van der Waals surface area contributed by atoms with Gasteiger partial charge in [0.25, 0.3) is 0 Å². The summed E-state index contributed by atoms with van der Waals surface area (Å²) in [7, 11) is 1.72. The van der Waals surface area contributed by atoms with Crippen molar-refractivity contribution in [3.8, 4) is 11.5 Å². The first-order chi connectivity index (χ1) is 14.7. The van der Waals surface area contributed by atoms with Crippen molar-refractivity contribution < 1.29 is 9.47 Å². The fourth-order valence-corrected chi connectivity index (χ4v) is 4.93. The lowest BCUT2D eigenvalue weighted by atomic mass is 10.1. The highest BCUT2D eigenvalue weighted by Gasteiger charge is 2.21. The van der Waals surface area contributed by atoms with Crippen LogP contribution in [0.15, 0.2) is 18.3 Å². The topological polar surface area (TPSA) is 53.6 Å². The first-order valence-electron chi connectivity index (χ1n) is 11.3. The molecular weight excluding hydrogens is 412 g/mol. The molecule has 0 unspecified atom stereocenters. The van der Waals surface area contributed by atoms with Crippen molar-refractivity contribution in [2.75, 3.05) is 51.3 Å². The number of halogens is 1. The van der Waals surface area contributed by atoms with Crippen LogP contribution in [0.1, 0.15) is 37.7 Å². The molecule has 0 spiro atoms. The summed E-state index contributed by atoms with van der Waals surface area (Å²) in [5.74, 6) is 2.69. The van der Waals surface area contributed by atoms with E-state index < -0.39 is 0 Å². The maximum atomic E-state index is 6.15. The molecule has 0 saturated carbocycles. The third-order valence-corrected chi connectivity index (χ3v) is 6.56. The Morgan fingerprint density at radius 3 is 2.52 bits per heavy atom. The molecule has 0 aliphatic carbocycles. The Kier molecular flexibility index (Phi) is 6.77. The quantitative estimate of drug-likeness (QED) is 0.524. The molecule has 2 aliphatic heterocycles. The van der Waals surface area contributed by atoms with Crippen molar-refractivity contribution in [1.29, 1.82) is 0 Å². The van der Waals surface area contributed by atoms with Crippen LogP contribution in [0.4, 0.5) is 5.82 Å². The van der Waals surface area contributed by atoms with E-state index in [0.717, 1.165) is 65.4 Å². The van der Waals surface area contributed by atoms with Gasteiger partial charge < -0.3 is 24.3 Å². The first-order valence-corrected chi connectivity index (χ1v) is 11.3. The number of aryl methyl sites for hydroxylation is 1. The summed E-state index contributed by atoms with van der Waals surface area (Å²) in [4.78, 5) is 13.4. The average molecular weight is 445 g/mol. The third kappa shape index (κ3) is 4.28. The van der Waals surface area contributed by atoms with Gasteiger partial charge in [-0.15, -0.1) is 12.4 Å². The number of ether oxygens (including phenoxy) is 2. The van der Waals surface area contributed by atoms with Crippen LogP contribution in [0.2, 0.25) is 0 Å². The largest absolute Gasteiger partial charge is 0.493 e. The number of fused-ring (bicyclic) bond motifs is 3. The molecule has 2 saturated heterocycles. The minimum atomic E-state index is 0. The molecule has 4 heterocycles. The zero-order chi connectivity index (χ0) is 20.5. The second-order valence-electron chi connectivity index (χ2n) is 8.63. The number of likely N-dealkylation sites (tertiary alicyclic amines) is 1. The summed E-state index contributed by atoms with van der Waals surface area (Å²) in [6.07, 6.45) is 8.16. The van der Waals surface area contributed by atoms with Gasteiger partial charge in [-0.05, 0) is 63.7 Å². The Morgan fingerprint density at radius 2 is 1.77 bits per heavy atom. The summed E-state index contributed by atoms with van der Waals surface area (Å²) in [5.41, 5.74) is 3.41. The molecular formula is C24H33ClN4O2. The Bertz CT molecular complexity index is 1040. The van der Waals surface area contributed by atoms with Crippen LogP contribution >= 0.6 is 12.4 Å². The zero-order valence-electron chi connectivity index (χ0n) is 18.6. The maximum absolute atomic E-state index is 6.15. The Balaban J connectivity index is 0.00000231. The van der Waals surface area contributed by atoms with Crippen LogP contribution in [0, 0.1) is 6.92 Å². The van der Waals surface area contributed by atoms with Crippen molar-refractivity contribution in [3.05, 3.63) is 23.9 Å². The number of rotatable bonds is 7. The van der Waals surface area contributed by atoms with Crippen LogP contribution < -0.4 is 14.4 Å². The van der Waals surface area contributed by atoms with Crippen molar-refractivity contribution >= 4 is 40.0 Å². The maximum Gasteiger partial charge on any atom is 0.163 e. The number of aromatic amines is 1. The fraction of sp³-hybridized carbons (Fsp3) is 0.542. The molecule has 168 valence electrons. The second-order valence-corrected chi connectivity index (χ2v) is 8.63. The van der Waals surface area contributed by atoms with Gasteiger partial charge in [0.1, 0.15) is 5.82 Å². The minimum Gasteiger partial charge on any atom is -0.493 e. The molecule has 2 aliphatic rings. The molecule has 31 heavy (non-hydrogen) atoms. The fourth-order valence-electron chi connectivity index (χ4n) is 4.93. The summed E-state index contributed by atoms with van der Waals surface area (Å²) >= 11 is 0. The smallest absolute Gasteiger partial charge is 0.163 e. The van der Waals surface area contributed by atoms with Crippen LogP contribution in [0.3, 0.4) is 0 Å². The van der Waals surface area contributed by atoms with Crippen LogP contribution in [-0.4, -0.2) is 61.3 Å².